The maximum atomic E-state index is 12.9. The Morgan fingerprint density at radius 3 is 2.67 bits per heavy atom. The highest BCUT2D eigenvalue weighted by molar-refractivity contribution is 5.87. The van der Waals surface area contributed by atoms with Gasteiger partial charge in [-0.25, -0.2) is 19.7 Å². The second-order valence-electron chi connectivity index (χ2n) is 11.9. The van der Waals surface area contributed by atoms with E-state index in [0.29, 0.717) is 43.3 Å². The topological polar surface area (TPSA) is 136 Å². The van der Waals surface area contributed by atoms with Crippen molar-refractivity contribution in [2.45, 2.75) is 58.7 Å². The highest BCUT2D eigenvalue weighted by Crippen LogP contribution is 2.28. The van der Waals surface area contributed by atoms with Gasteiger partial charge in [-0.05, 0) is 58.2 Å². The molecule has 13 heteroatoms. The highest BCUT2D eigenvalue weighted by atomic mass is 16.6. The molecule has 1 amide bonds. The first-order valence-corrected chi connectivity index (χ1v) is 14.6. The van der Waals surface area contributed by atoms with Gasteiger partial charge in [0.25, 0.3) is 0 Å². The molecule has 0 spiro atoms. The number of imidazole rings is 1. The summed E-state index contributed by atoms with van der Waals surface area (Å²) in [5, 5.41) is 14.2. The lowest BCUT2D eigenvalue weighted by Crippen LogP contribution is -2.37. The van der Waals surface area contributed by atoms with Gasteiger partial charge in [-0.15, -0.1) is 5.10 Å². The van der Waals surface area contributed by atoms with Gasteiger partial charge in [0, 0.05) is 61.6 Å². The maximum absolute atomic E-state index is 12.9. The van der Waals surface area contributed by atoms with Crippen LogP contribution < -0.4 is 20.7 Å². The summed E-state index contributed by atoms with van der Waals surface area (Å²) >= 11 is 0. The van der Waals surface area contributed by atoms with Crippen LogP contribution in [0.1, 0.15) is 44.9 Å². The lowest BCUT2D eigenvalue weighted by Gasteiger charge is -2.29. The summed E-state index contributed by atoms with van der Waals surface area (Å²) in [6.07, 6.45) is 6.78. The quantitative estimate of drug-likeness (QED) is 0.254. The minimum absolute atomic E-state index is 0.253. The summed E-state index contributed by atoms with van der Waals surface area (Å²) in [6, 6.07) is 9.81. The van der Waals surface area contributed by atoms with Crippen molar-refractivity contribution >= 4 is 29.2 Å². The number of amides is 1. The van der Waals surface area contributed by atoms with E-state index >= 15 is 0 Å². The Labute approximate surface area is 250 Å². The molecule has 1 aromatic carbocycles. The Bertz CT molecular complexity index is 1580. The molecule has 4 aromatic rings. The zero-order valence-electron chi connectivity index (χ0n) is 25.0. The predicted molar refractivity (Wildman–Crippen MR) is 163 cm³/mol. The van der Waals surface area contributed by atoms with E-state index in [1.54, 1.807) is 12.5 Å². The number of benzene rings is 1. The average Bonchev–Trinajstić information content (AvgIpc) is 3.50. The number of ether oxygens (including phenoxy) is 2. The van der Waals surface area contributed by atoms with Gasteiger partial charge in [0.05, 0.1) is 24.4 Å². The number of carbonyl (C=O) groups is 1. The first-order valence-electron chi connectivity index (χ1n) is 14.6. The third-order valence-electron chi connectivity index (χ3n) is 7.28. The van der Waals surface area contributed by atoms with Crippen LogP contribution in [-0.4, -0.2) is 72.6 Å². The molecule has 1 saturated heterocycles. The molecule has 0 radical (unpaired) electrons. The van der Waals surface area contributed by atoms with Gasteiger partial charge in [0.1, 0.15) is 18.0 Å². The summed E-state index contributed by atoms with van der Waals surface area (Å²) < 4.78 is 14.9. The van der Waals surface area contributed by atoms with Crippen molar-refractivity contribution < 1.29 is 14.3 Å². The summed E-state index contributed by atoms with van der Waals surface area (Å²) in [5.74, 6) is 2.31. The molecule has 2 aliphatic rings. The van der Waals surface area contributed by atoms with Crippen LogP contribution in [-0.2, 0) is 16.8 Å². The van der Waals surface area contributed by atoms with Gasteiger partial charge < -0.3 is 20.1 Å². The molecule has 2 fully saturated rings. The van der Waals surface area contributed by atoms with E-state index in [-0.39, 0.29) is 11.4 Å². The largest absolute Gasteiger partial charge is 0.418 e. The minimum Gasteiger partial charge on any atom is -0.389 e. The average molecular weight is 587 g/mol. The molecular weight excluding hydrogens is 548 g/mol. The third-order valence-corrected chi connectivity index (χ3v) is 7.28. The van der Waals surface area contributed by atoms with Crippen molar-refractivity contribution in [2.24, 2.45) is 0 Å². The van der Waals surface area contributed by atoms with Crippen molar-refractivity contribution in [1.82, 2.24) is 34.2 Å². The van der Waals surface area contributed by atoms with Crippen LogP contribution in [0.4, 0.5) is 27.9 Å². The van der Waals surface area contributed by atoms with Crippen LogP contribution in [0.25, 0.3) is 5.82 Å². The second kappa shape index (κ2) is 12.0. The van der Waals surface area contributed by atoms with Crippen molar-refractivity contribution in [3.8, 4) is 11.7 Å². The van der Waals surface area contributed by atoms with E-state index in [1.165, 1.54) is 0 Å². The molecule has 6 rings (SSSR count). The molecule has 226 valence electrons. The molecule has 1 aliphatic carbocycles. The van der Waals surface area contributed by atoms with Gasteiger partial charge in [-0.3, -0.25) is 19.5 Å². The number of rotatable bonds is 9. The molecule has 1 aliphatic heterocycles. The first-order chi connectivity index (χ1) is 20.7. The fourth-order valence-electron chi connectivity index (χ4n) is 4.90. The predicted octanol–water partition coefficient (Wildman–Crippen LogP) is 4.68. The fourth-order valence-corrected chi connectivity index (χ4v) is 4.90. The van der Waals surface area contributed by atoms with Crippen LogP contribution in [0, 0.1) is 6.92 Å². The molecule has 0 unspecified atom stereocenters. The normalized spacial score (nSPS) is 15.7. The Balaban J connectivity index is 1.14. The smallest absolute Gasteiger partial charge is 0.389 e. The number of morpholine rings is 1. The highest BCUT2D eigenvalue weighted by Gasteiger charge is 2.24. The van der Waals surface area contributed by atoms with Crippen molar-refractivity contribution in [2.75, 3.05) is 42.3 Å². The first kappa shape index (κ1) is 28.6. The van der Waals surface area contributed by atoms with E-state index in [2.05, 4.69) is 61.7 Å². The monoisotopic (exact) mass is 586 g/mol. The van der Waals surface area contributed by atoms with E-state index in [9.17, 15) is 4.79 Å². The molecule has 0 bridgehead atoms. The number of hydrogen-bond acceptors (Lipinski definition) is 10. The summed E-state index contributed by atoms with van der Waals surface area (Å²) in [7, 11) is 0. The molecule has 3 N–H and O–H groups in total. The number of hydrogen-bond donors (Lipinski definition) is 3. The van der Waals surface area contributed by atoms with Crippen molar-refractivity contribution in [3.63, 3.8) is 0 Å². The SMILES string of the molecule is Cc1ccc(NC(=O)Oc2cc(CN3CCOCC3)n(C(C)(C)C)n2)cc1Nc1nccn1-c1cc(NC2CC2)ncn1. The van der Waals surface area contributed by atoms with Crippen molar-refractivity contribution in [3.05, 3.63) is 60.3 Å². The lowest BCUT2D eigenvalue weighted by atomic mass is 10.1. The Kier molecular flexibility index (Phi) is 8.00. The maximum Gasteiger partial charge on any atom is 0.418 e. The Morgan fingerprint density at radius 2 is 1.91 bits per heavy atom. The van der Waals surface area contributed by atoms with E-state index in [4.69, 9.17) is 9.47 Å². The molecule has 43 heavy (non-hydrogen) atoms. The summed E-state index contributed by atoms with van der Waals surface area (Å²) in [6.45, 7) is 12.0. The molecule has 1 saturated carbocycles. The summed E-state index contributed by atoms with van der Waals surface area (Å²) in [4.78, 5) is 28.5. The van der Waals surface area contributed by atoms with Gasteiger partial charge in [-0.2, -0.15) is 0 Å². The lowest BCUT2D eigenvalue weighted by molar-refractivity contribution is 0.0324. The number of carbonyl (C=O) groups excluding carboxylic acids is 1. The molecular formula is C30H38N10O3. The number of aromatic nitrogens is 6. The van der Waals surface area contributed by atoms with Crippen molar-refractivity contribution in [1.29, 1.82) is 0 Å². The molecule has 13 nitrogen and oxygen atoms in total. The van der Waals surface area contributed by atoms with Crippen LogP contribution in [0.2, 0.25) is 0 Å². The van der Waals surface area contributed by atoms with Crippen LogP contribution in [0.3, 0.4) is 0 Å². The number of anilines is 4. The zero-order valence-corrected chi connectivity index (χ0v) is 25.0. The number of nitrogens with one attached hydrogen (secondary N) is 3. The molecule has 4 heterocycles. The van der Waals surface area contributed by atoms with Gasteiger partial charge in [0.2, 0.25) is 11.8 Å². The summed E-state index contributed by atoms with van der Waals surface area (Å²) in [5.41, 5.74) is 3.03. The number of nitrogens with zero attached hydrogens (tertiary/aromatic N) is 7. The van der Waals surface area contributed by atoms with E-state index in [0.717, 1.165) is 48.7 Å². The second-order valence-corrected chi connectivity index (χ2v) is 11.9. The molecule has 0 atom stereocenters. The Hall–Kier alpha value is -4.49. The van der Waals surface area contributed by atoms with Crippen LogP contribution in [0.5, 0.6) is 5.88 Å². The van der Waals surface area contributed by atoms with Gasteiger partial charge >= 0.3 is 6.09 Å². The van der Waals surface area contributed by atoms with Gasteiger partial charge in [-0.1, -0.05) is 6.07 Å². The van der Waals surface area contributed by atoms with E-state index in [1.807, 2.05) is 52.7 Å². The molecule has 3 aromatic heterocycles. The van der Waals surface area contributed by atoms with Crippen LogP contribution in [0.15, 0.2) is 49.1 Å². The fraction of sp³-hybridized carbons (Fsp3) is 0.433. The van der Waals surface area contributed by atoms with Gasteiger partial charge in [0.15, 0.2) is 0 Å². The zero-order chi connectivity index (χ0) is 30.0. The standard InChI is InChI=1S/C30H38N10O3/c1-20-5-6-22(15-24(20)36-28-31-9-10-39(28)26-17-25(32-19-33-26)34-21-7-8-21)35-29(41)43-27-16-23(40(37-27)30(2,3)4)18-38-11-13-42-14-12-38/h5-6,9-10,15-17,19,21H,7-8,11-14,18H2,1-4H3,(H,31,36)(H,35,41)(H,32,33,34). The Morgan fingerprint density at radius 1 is 1.09 bits per heavy atom. The number of aryl methyl sites for hydroxylation is 1. The minimum atomic E-state index is -0.621. The third kappa shape index (κ3) is 7.12. The van der Waals surface area contributed by atoms with E-state index < -0.39 is 6.09 Å². The van der Waals surface area contributed by atoms with Crippen LogP contribution >= 0.6 is 0 Å².